The molecule has 2 unspecified atom stereocenters. The minimum absolute atomic E-state index is 0.0643. The fourth-order valence-electron chi connectivity index (χ4n) is 1.56. The van der Waals surface area contributed by atoms with Gasteiger partial charge < -0.3 is 11.1 Å². The van der Waals surface area contributed by atoms with E-state index < -0.39 is 5.92 Å². The van der Waals surface area contributed by atoms with Crippen LogP contribution in [0.2, 0.25) is 0 Å². The molecule has 1 aromatic heterocycles. The third kappa shape index (κ3) is 3.48. The van der Waals surface area contributed by atoms with Gasteiger partial charge in [0.2, 0.25) is 5.91 Å². The molecule has 0 spiro atoms. The molecule has 0 aliphatic heterocycles. The van der Waals surface area contributed by atoms with E-state index in [2.05, 4.69) is 20.5 Å². The molecule has 6 nitrogen and oxygen atoms in total. The highest BCUT2D eigenvalue weighted by Gasteiger charge is 2.26. The van der Waals surface area contributed by atoms with Crippen molar-refractivity contribution in [3.63, 3.8) is 0 Å². The quantitative estimate of drug-likeness (QED) is 0.667. The summed E-state index contributed by atoms with van der Waals surface area (Å²) in [5.41, 5.74) is 5.57. The van der Waals surface area contributed by atoms with Crippen LogP contribution in [0.1, 0.15) is 32.6 Å². The van der Waals surface area contributed by atoms with E-state index in [9.17, 15) is 4.79 Å². The number of nitrogens with two attached hydrogens (primary N) is 1. The van der Waals surface area contributed by atoms with Crippen molar-refractivity contribution in [3.8, 4) is 0 Å². The van der Waals surface area contributed by atoms with Gasteiger partial charge in [-0.25, -0.2) is 4.98 Å². The minimum atomic E-state index is -0.463. The number of nitrogens with zero attached hydrogens (tertiary/aromatic N) is 2. The Bertz CT molecular complexity index is 389. The molecule has 1 amide bonds. The van der Waals surface area contributed by atoms with Crippen molar-refractivity contribution in [2.24, 2.45) is 17.6 Å². The van der Waals surface area contributed by atoms with Gasteiger partial charge in [0.25, 0.3) is 0 Å². The number of carbonyl (C=O) groups excluding carboxylic acids is 1. The van der Waals surface area contributed by atoms with Gasteiger partial charge in [-0.05, 0) is 12.8 Å². The molecule has 1 aromatic rings. The minimum Gasteiger partial charge on any atom is -0.393 e. The van der Waals surface area contributed by atoms with Gasteiger partial charge in [0.1, 0.15) is 12.2 Å². The normalized spacial score (nSPS) is 14.4. The van der Waals surface area contributed by atoms with Crippen LogP contribution in [0.5, 0.6) is 0 Å². The molecule has 4 N–H and O–H groups in total. The maximum absolute atomic E-state index is 12.0. The van der Waals surface area contributed by atoms with Gasteiger partial charge in [-0.3, -0.25) is 9.89 Å². The summed E-state index contributed by atoms with van der Waals surface area (Å²) >= 11 is 4.90. The zero-order chi connectivity index (χ0) is 13.0. The number of hydrogen-bond donors (Lipinski definition) is 3. The number of carbonyl (C=O) groups is 1. The Hall–Kier alpha value is -1.50. The lowest BCUT2D eigenvalue weighted by molar-refractivity contribution is -0.124. The van der Waals surface area contributed by atoms with Crippen LogP contribution in [0.3, 0.4) is 0 Å². The number of thiocarbonyl (C=S) groups is 1. The number of nitrogens with one attached hydrogen (secondary N) is 2. The number of aromatic amines is 1. The molecule has 94 valence electrons. The van der Waals surface area contributed by atoms with Crippen LogP contribution in [0.25, 0.3) is 0 Å². The molecule has 7 heteroatoms. The van der Waals surface area contributed by atoms with Crippen molar-refractivity contribution in [3.05, 3.63) is 12.2 Å². The number of amides is 1. The van der Waals surface area contributed by atoms with Crippen molar-refractivity contribution in [2.75, 3.05) is 0 Å². The predicted molar refractivity (Wildman–Crippen MR) is 68.1 cm³/mol. The fraction of sp³-hybridized carbons (Fsp3) is 0.600. The fourth-order valence-corrected chi connectivity index (χ4v) is 1.93. The standard InChI is InChI=1S/C10H17N5OS/c1-5(2)7(8(11)17)10(16)14-6(3)9-12-4-13-15-9/h4-7H,1-3H3,(H2,11,17)(H,14,16)(H,12,13,15). The van der Waals surface area contributed by atoms with E-state index in [0.717, 1.165) is 0 Å². The van der Waals surface area contributed by atoms with Gasteiger partial charge in [-0.1, -0.05) is 26.1 Å². The number of rotatable bonds is 5. The highest BCUT2D eigenvalue weighted by atomic mass is 32.1. The number of H-pyrrole nitrogens is 1. The molecule has 0 saturated heterocycles. The summed E-state index contributed by atoms with van der Waals surface area (Å²) in [7, 11) is 0. The maximum Gasteiger partial charge on any atom is 0.230 e. The lowest BCUT2D eigenvalue weighted by atomic mass is 9.94. The number of hydrogen-bond acceptors (Lipinski definition) is 4. The van der Waals surface area contributed by atoms with E-state index in [0.29, 0.717) is 5.82 Å². The molecular weight excluding hydrogens is 238 g/mol. The molecule has 0 aliphatic carbocycles. The molecule has 2 atom stereocenters. The third-order valence-corrected chi connectivity index (χ3v) is 2.71. The second-order valence-corrected chi connectivity index (χ2v) is 4.70. The Balaban J connectivity index is 2.68. The average Bonchev–Trinajstić information content (AvgIpc) is 2.68. The summed E-state index contributed by atoms with van der Waals surface area (Å²) < 4.78 is 0. The molecule has 0 aromatic carbocycles. The van der Waals surface area contributed by atoms with Gasteiger partial charge in [-0.2, -0.15) is 5.10 Å². The molecule has 0 aliphatic rings. The van der Waals surface area contributed by atoms with Gasteiger partial charge in [0.15, 0.2) is 0 Å². The molecule has 1 rings (SSSR count). The first-order valence-electron chi connectivity index (χ1n) is 5.38. The lowest BCUT2D eigenvalue weighted by Gasteiger charge is -2.20. The molecular formula is C10H17N5OS. The summed E-state index contributed by atoms with van der Waals surface area (Å²) in [5, 5.41) is 9.23. The first-order chi connectivity index (χ1) is 7.93. The van der Waals surface area contributed by atoms with Gasteiger partial charge >= 0.3 is 0 Å². The summed E-state index contributed by atoms with van der Waals surface area (Å²) in [6.45, 7) is 5.63. The van der Waals surface area contributed by atoms with Crippen LogP contribution >= 0.6 is 12.2 Å². The Labute approximate surface area is 105 Å². The second kappa shape index (κ2) is 5.72. The van der Waals surface area contributed by atoms with E-state index in [4.69, 9.17) is 18.0 Å². The van der Waals surface area contributed by atoms with E-state index in [-0.39, 0.29) is 22.9 Å². The van der Waals surface area contributed by atoms with Crippen LogP contribution in [0, 0.1) is 11.8 Å². The highest BCUT2D eigenvalue weighted by Crippen LogP contribution is 2.14. The predicted octanol–water partition coefficient (Wildman–Crippen LogP) is 0.540. The number of aromatic nitrogens is 3. The molecule has 0 radical (unpaired) electrons. The van der Waals surface area contributed by atoms with Crippen molar-refractivity contribution in [1.29, 1.82) is 0 Å². The summed E-state index contributed by atoms with van der Waals surface area (Å²) in [4.78, 5) is 16.2. The summed E-state index contributed by atoms with van der Waals surface area (Å²) in [5.74, 6) is 0.0185. The zero-order valence-corrected chi connectivity index (χ0v) is 10.9. The molecule has 0 bridgehead atoms. The van der Waals surface area contributed by atoms with Crippen LogP contribution < -0.4 is 11.1 Å². The zero-order valence-electron chi connectivity index (χ0n) is 10.1. The van der Waals surface area contributed by atoms with E-state index in [1.165, 1.54) is 6.33 Å². The van der Waals surface area contributed by atoms with E-state index in [1.54, 1.807) is 0 Å². The first kappa shape index (κ1) is 13.6. The highest BCUT2D eigenvalue weighted by molar-refractivity contribution is 7.80. The largest absolute Gasteiger partial charge is 0.393 e. The second-order valence-electron chi connectivity index (χ2n) is 4.23. The van der Waals surface area contributed by atoms with Gasteiger partial charge in [-0.15, -0.1) is 0 Å². The Morgan fingerprint density at radius 3 is 2.59 bits per heavy atom. The van der Waals surface area contributed by atoms with Crippen LogP contribution in [0.15, 0.2) is 6.33 Å². The van der Waals surface area contributed by atoms with Crippen LogP contribution in [-0.4, -0.2) is 26.1 Å². The van der Waals surface area contributed by atoms with E-state index in [1.807, 2.05) is 20.8 Å². The topological polar surface area (TPSA) is 96.7 Å². The van der Waals surface area contributed by atoms with Crippen molar-refractivity contribution in [1.82, 2.24) is 20.5 Å². The Morgan fingerprint density at radius 1 is 1.53 bits per heavy atom. The van der Waals surface area contributed by atoms with Crippen molar-refractivity contribution >= 4 is 23.1 Å². The van der Waals surface area contributed by atoms with Crippen LogP contribution in [0.4, 0.5) is 0 Å². The smallest absolute Gasteiger partial charge is 0.230 e. The molecule has 0 fully saturated rings. The van der Waals surface area contributed by atoms with E-state index >= 15 is 0 Å². The molecule has 17 heavy (non-hydrogen) atoms. The third-order valence-electron chi connectivity index (χ3n) is 2.46. The lowest BCUT2D eigenvalue weighted by Crippen LogP contribution is -2.41. The maximum atomic E-state index is 12.0. The van der Waals surface area contributed by atoms with Gasteiger partial charge in [0, 0.05) is 0 Å². The molecule has 1 heterocycles. The van der Waals surface area contributed by atoms with Crippen molar-refractivity contribution < 1.29 is 4.79 Å². The Morgan fingerprint density at radius 2 is 2.18 bits per heavy atom. The summed E-state index contributed by atoms with van der Waals surface area (Å²) in [6.07, 6.45) is 1.39. The molecule has 0 saturated carbocycles. The summed E-state index contributed by atoms with van der Waals surface area (Å²) in [6, 6.07) is -0.249. The first-order valence-corrected chi connectivity index (χ1v) is 5.79. The van der Waals surface area contributed by atoms with Gasteiger partial charge in [0.05, 0.1) is 16.9 Å². The Kier molecular flexibility index (Phi) is 4.56. The monoisotopic (exact) mass is 255 g/mol. The van der Waals surface area contributed by atoms with Crippen molar-refractivity contribution in [2.45, 2.75) is 26.8 Å². The SMILES string of the molecule is CC(NC(=O)C(C(N)=S)C(C)C)c1ncn[nH]1. The van der Waals surface area contributed by atoms with Crippen LogP contribution in [-0.2, 0) is 4.79 Å². The average molecular weight is 255 g/mol.